The predicted molar refractivity (Wildman–Crippen MR) is 121 cm³/mol. The average molecular weight is 408 g/mol. The van der Waals surface area contributed by atoms with Crippen molar-refractivity contribution in [3.63, 3.8) is 0 Å². The van der Waals surface area contributed by atoms with Gasteiger partial charge in [0.25, 0.3) is 0 Å². The molecular weight excluding hydrogens is 382 g/mol. The Labute approximate surface area is 174 Å². The molecule has 0 radical (unpaired) electrons. The Hall–Kier alpha value is -2.11. The van der Waals surface area contributed by atoms with Gasteiger partial charge in [-0.25, -0.2) is 0 Å². The molecule has 0 aliphatic heterocycles. The number of aromatic nitrogens is 3. The van der Waals surface area contributed by atoms with E-state index in [0.29, 0.717) is 6.04 Å². The molecule has 4 aromatic rings. The van der Waals surface area contributed by atoms with Gasteiger partial charge in [-0.1, -0.05) is 61.2 Å². The first-order valence-corrected chi connectivity index (χ1v) is 11.6. The molecule has 0 bridgehead atoms. The third kappa shape index (κ3) is 3.49. The Bertz CT molecular complexity index is 1100. The molecule has 2 aromatic heterocycles. The third-order valence-electron chi connectivity index (χ3n) is 5.12. The Morgan fingerprint density at radius 2 is 1.86 bits per heavy atom. The minimum Gasteiger partial charge on any atom is -0.299 e. The summed E-state index contributed by atoms with van der Waals surface area (Å²) in [7, 11) is 0. The van der Waals surface area contributed by atoms with E-state index >= 15 is 0 Å². The molecular formula is C23H25N3S2. The van der Waals surface area contributed by atoms with Gasteiger partial charge in [-0.2, -0.15) is 0 Å². The summed E-state index contributed by atoms with van der Waals surface area (Å²) in [5.41, 5.74) is 3.97. The van der Waals surface area contributed by atoms with Crippen LogP contribution in [0.1, 0.15) is 42.8 Å². The zero-order chi connectivity index (χ0) is 19.7. The number of nitrogens with zero attached hydrogens (tertiary/aromatic N) is 3. The van der Waals surface area contributed by atoms with Crippen molar-refractivity contribution in [1.29, 1.82) is 0 Å². The number of rotatable bonds is 6. The third-order valence-corrected chi connectivity index (χ3v) is 7.06. The second kappa shape index (κ2) is 8.10. The summed E-state index contributed by atoms with van der Waals surface area (Å²) >= 11 is 3.58. The van der Waals surface area contributed by atoms with Crippen molar-refractivity contribution in [3.8, 4) is 11.4 Å². The fraction of sp³-hybridized carbons (Fsp3) is 0.304. The van der Waals surface area contributed by atoms with Gasteiger partial charge in [0.15, 0.2) is 11.0 Å². The van der Waals surface area contributed by atoms with Crippen molar-refractivity contribution in [2.24, 2.45) is 0 Å². The van der Waals surface area contributed by atoms with E-state index in [-0.39, 0.29) is 0 Å². The number of thiophene rings is 1. The van der Waals surface area contributed by atoms with Gasteiger partial charge in [-0.05, 0) is 49.1 Å². The van der Waals surface area contributed by atoms with Gasteiger partial charge >= 0.3 is 0 Å². The van der Waals surface area contributed by atoms with Crippen molar-refractivity contribution in [2.45, 2.75) is 51.1 Å². The topological polar surface area (TPSA) is 30.7 Å². The molecule has 0 saturated carbocycles. The Kier molecular flexibility index (Phi) is 5.56. The molecule has 0 unspecified atom stereocenters. The lowest BCUT2D eigenvalue weighted by Crippen LogP contribution is -2.05. The molecule has 0 aliphatic rings. The quantitative estimate of drug-likeness (QED) is 0.326. The fourth-order valence-corrected chi connectivity index (χ4v) is 5.70. The Morgan fingerprint density at radius 3 is 2.64 bits per heavy atom. The van der Waals surface area contributed by atoms with Gasteiger partial charge in [-0.3, -0.25) is 4.57 Å². The molecule has 3 nitrogen and oxygen atoms in total. The lowest BCUT2D eigenvalue weighted by molar-refractivity contribution is 0.555. The molecule has 28 heavy (non-hydrogen) atoms. The minimum atomic E-state index is 0.310. The molecule has 0 amide bonds. The summed E-state index contributed by atoms with van der Waals surface area (Å²) in [5, 5.41) is 15.0. The van der Waals surface area contributed by atoms with E-state index in [1.165, 1.54) is 32.3 Å². The summed E-state index contributed by atoms with van der Waals surface area (Å²) in [6, 6.07) is 15.4. The number of aryl methyl sites for hydroxylation is 1. The molecule has 0 aliphatic carbocycles. The normalized spacial score (nSPS) is 11.6. The molecule has 5 heteroatoms. The highest BCUT2D eigenvalue weighted by Gasteiger charge is 2.20. The van der Waals surface area contributed by atoms with Crippen LogP contribution in [0.3, 0.4) is 0 Å². The van der Waals surface area contributed by atoms with Crippen molar-refractivity contribution < 1.29 is 0 Å². The lowest BCUT2D eigenvalue weighted by Gasteiger charge is -2.14. The van der Waals surface area contributed by atoms with Crippen LogP contribution in [-0.2, 0) is 12.2 Å². The molecule has 0 N–H and O–H groups in total. The summed E-state index contributed by atoms with van der Waals surface area (Å²) in [4.78, 5) is 1.38. The van der Waals surface area contributed by atoms with Gasteiger partial charge in [-0.15, -0.1) is 21.5 Å². The Morgan fingerprint density at radius 1 is 1.07 bits per heavy atom. The highest BCUT2D eigenvalue weighted by atomic mass is 32.2. The van der Waals surface area contributed by atoms with Crippen LogP contribution in [0.5, 0.6) is 0 Å². The van der Waals surface area contributed by atoms with Crippen LogP contribution in [0.15, 0.2) is 53.0 Å². The number of hydrogen-bond acceptors (Lipinski definition) is 4. The maximum absolute atomic E-state index is 4.60. The number of benzene rings is 2. The van der Waals surface area contributed by atoms with Crippen molar-refractivity contribution in [3.05, 3.63) is 63.8 Å². The Balaban J connectivity index is 1.68. The van der Waals surface area contributed by atoms with Crippen LogP contribution in [0.25, 0.3) is 22.2 Å². The van der Waals surface area contributed by atoms with Gasteiger partial charge in [0, 0.05) is 27.6 Å². The van der Waals surface area contributed by atoms with E-state index in [4.69, 9.17) is 0 Å². The molecule has 4 rings (SSSR count). The number of hydrogen-bond donors (Lipinski definition) is 0. The minimum absolute atomic E-state index is 0.310. The molecule has 0 saturated heterocycles. The van der Waals surface area contributed by atoms with Crippen LogP contribution in [0, 0.1) is 6.92 Å². The molecule has 144 valence electrons. The predicted octanol–water partition coefficient (Wildman–Crippen LogP) is 6.90. The van der Waals surface area contributed by atoms with Crippen molar-refractivity contribution in [1.82, 2.24) is 14.8 Å². The summed E-state index contributed by atoms with van der Waals surface area (Å²) < 4.78 is 2.29. The standard InChI is InChI=1S/C23H25N3S2/c1-5-19-16(4)27-14-21(19)22-24-25-23(26(22)15(2)3)28-13-18-11-8-10-17-9-6-7-12-20(17)18/h6-12,14-15H,5,13H2,1-4H3. The fourth-order valence-electron chi connectivity index (χ4n) is 3.69. The molecule has 2 heterocycles. The van der Waals surface area contributed by atoms with Crippen LogP contribution in [-0.4, -0.2) is 14.8 Å². The van der Waals surface area contributed by atoms with Crippen molar-refractivity contribution >= 4 is 33.9 Å². The van der Waals surface area contributed by atoms with E-state index < -0.39 is 0 Å². The van der Waals surface area contributed by atoms with Crippen LogP contribution >= 0.6 is 23.1 Å². The first-order valence-electron chi connectivity index (χ1n) is 9.71. The largest absolute Gasteiger partial charge is 0.299 e. The van der Waals surface area contributed by atoms with Crippen LogP contribution in [0.2, 0.25) is 0 Å². The van der Waals surface area contributed by atoms with Crippen molar-refractivity contribution in [2.75, 3.05) is 0 Å². The highest BCUT2D eigenvalue weighted by molar-refractivity contribution is 7.98. The van der Waals surface area contributed by atoms with E-state index in [9.17, 15) is 0 Å². The SMILES string of the molecule is CCc1c(-c2nnc(SCc3cccc4ccccc34)n2C(C)C)csc1C. The van der Waals surface area contributed by atoms with Crippen LogP contribution < -0.4 is 0 Å². The van der Waals surface area contributed by atoms with Gasteiger partial charge in [0.1, 0.15) is 0 Å². The summed E-state index contributed by atoms with van der Waals surface area (Å²) in [6.07, 6.45) is 1.02. The number of fused-ring (bicyclic) bond motifs is 1. The van der Waals surface area contributed by atoms with Gasteiger partial charge in [0.05, 0.1) is 0 Å². The molecule has 0 spiro atoms. The smallest absolute Gasteiger partial charge is 0.192 e. The zero-order valence-corrected chi connectivity index (χ0v) is 18.4. The highest BCUT2D eigenvalue weighted by Crippen LogP contribution is 2.35. The molecule has 2 aromatic carbocycles. The first-order chi connectivity index (χ1) is 13.6. The van der Waals surface area contributed by atoms with Crippen LogP contribution in [0.4, 0.5) is 0 Å². The molecule has 0 atom stereocenters. The molecule has 0 fully saturated rings. The number of thioether (sulfide) groups is 1. The summed E-state index contributed by atoms with van der Waals surface area (Å²) in [6.45, 7) is 8.82. The van der Waals surface area contributed by atoms with E-state index in [1.807, 2.05) is 0 Å². The zero-order valence-electron chi connectivity index (χ0n) is 16.8. The lowest BCUT2D eigenvalue weighted by atomic mass is 10.1. The van der Waals surface area contributed by atoms with Gasteiger partial charge in [0.2, 0.25) is 0 Å². The van der Waals surface area contributed by atoms with E-state index in [2.05, 4.69) is 90.3 Å². The van der Waals surface area contributed by atoms with Gasteiger partial charge < -0.3 is 0 Å². The average Bonchev–Trinajstić information content (AvgIpc) is 3.29. The summed E-state index contributed by atoms with van der Waals surface area (Å²) in [5.74, 6) is 1.88. The second-order valence-electron chi connectivity index (χ2n) is 7.23. The maximum Gasteiger partial charge on any atom is 0.192 e. The van der Waals surface area contributed by atoms with E-state index in [0.717, 1.165) is 23.2 Å². The first kappa shape index (κ1) is 19.2. The monoisotopic (exact) mass is 407 g/mol. The van der Waals surface area contributed by atoms with E-state index in [1.54, 1.807) is 23.1 Å². The maximum atomic E-state index is 4.60. The second-order valence-corrected chi connectivity index (χ2v) is 9.26.